The molecule has 0 spiro atoms. The first kappa shape index (κ1) is 35.3. The molecular formula is C39H47ClN4O4. The van der Waals surface area contributed by atoms with Crippen LogP contribution >= 0.6 is 11.6 Å². The summed E-state index contributed by atoms with van der Waals surface area (Å²) in [5.74, 6) is 0.0940. The van der Waals surface area contributed by atoms with E-state index >= 15 is 0 Å². The Morgan fingerprint density at radius 3 is 2.44 bits per heavy atom. The number of nitrogens with two attached hydrogens (primary N) is 1. The maximum Gasteiger partial charge on any atom is 0.248 e. The number of ether oxygens (including phenoxy) is 2. The van der Waals surface area contributed by atoms with Gasteiger partial charge in [0, 0.05) is 11.6 Å². The van der Waals surface area contributed by atoms with Crippen LogP contribution in [0.4, 0.5) is 0 Å². The second-order valence-corrected chi connectivity index (χ2v) is 13.6. The third-order valence-corrected chi connectivity index (χ3v) is 9.28. The van der Waals surface area contributed by atoms with E-state index in [1.165, 1.54) is 5.56 Å². The molecule has 3 aromatic rings. The summed E-state index contributed by atoms with van der Waals surface area (Å²) in [6.45, 7) is 6.95. The first-order valence-corrected chi connectivity index (χ1v) is 17.2. The highest BCUT2D eigenvalue weighted by atomic mass is 35.5. The second kappa shape index (κ2) is 16.4. The van der Waals surface area contributed by atoms with Crippen LogP contribution in [-0.2, 0) is 38.5 Å². The second-order valence-electron chi connectivity index (χ2n) is 13.2. The van der Waals surface area contributed by atoms with Crippen LogP contribution in [0.15, 0.2) is 102 Å². The average molecular weight is 671 g/mol. The zero-order valence-corrected chi connectivity index (χ0v) is 28.8. The van der Waals surface area contributed by atoms with Gasteiger partial charge in [0.15, 0.2) is 5.90 Å². The molecule has 9 heteroatoms. The highest BCUT2D eigenvalue weighted by molar-refractivity contribution is 6.30. The summed E-state index contributed by atoms with van der Waals surface area (Å²) >= 11 is 6.38. The highest BCUT2D eigenvalue weighted by Crippen LogP contribution is 2.33. The van der Waals surface area contributed by atoms with Crippen LogP contribution in [0.2, 0.25) is 5.02 Å². The SMILES string of the molecule is C[C@H](N)C(=O)N[C@H](C(=O)N1CCC[C@H]1/C=C/[C@@](C)(Cc1cccc(Cl)c1)C1=N[C@@H](Cc2ccccc2)CO1)[C@@H](C)OCc1ccccc1. The largest absolute Gasteiger partial charge is 0.478 e. The van der Waals surface area contributed by atoms with E-state index in [0.717, 1.165) is 30.4 Å². The van der Waals surface area contributed by atoms with Crippen molar-refractivity contribution < 1.29 is 19.1 Å². The van der Waals surface area contributed by atoms with Crippen molar-refractivity contribution in [3.63, 3.8) is 0 Å². The van der Waals surface area contributed by atoms with Crippen molar-refractivity contribution in [2.45, 2.75) is 83.3 Å². The summed E-state index contributed by atoms with van der Waals surface area (Å²) in [6, 6.07) is 26.1. The minimum Gasteiger partial charge on any atom is -0.478 e. The van der Waals surface area contributed by atoms with Crippen molar-refractivity contribution in [3.05, 3.63) is 119 Å². The lowest BCUT2D eigenvalue weighted by molar-refractivity contribution is -0.141. The molecule has 0 unspecified atom stereocenters. The number of aliphatic imine (C=N–C) groups is 1. The predicted molar refractivity (Wildman–Crippen MR) is 191 cm³/mol. The molecule has 48 heavy (non-hydrogen) atoms. The molecule has 1 saturated heterocycles. The van der Waals surface area contributed by atoms with Gasteiger partial charge in [0.2, 0.25) is 11.8 Å². The molecule has 6 atom stereocenters. The van der Waals surface area contributed by atoms with Crippen molar-refractivity contribution in [2.75, 3.05) is 13.2 Å². The van der Waals surface area contributed by atoms with Crippen LogP contribution in [0, 0.1) is 5.41 Å². The molecule has 1 fully saturated rings. The van der Waals surface area contributed by atoms with Gasteiger partial charge in [-0.15, -0.1) is 0 Å². The van der Waals surface area contributed by atoms with Gasteiger partial charge in [-0.1, -0.05) is 96.5 Å². The fourth-order valence-electron chi connectivity index (χ4n) is 6.33. The fraction of sp³-hybridized carbons (Fsp3) is 0.410. The molecule has 0 bridgehead atoms. The monoisotopic (exact) mass is 670 g/mol. The molecular weight excluding hydrogens is 624 g/mol. The molecule has 3 aromatic carbocycles. The van der Waals surface area contributed by atoms with Gasteiger partial charge in [-0.05, 0) is 75.3 Å². The number of amides is 2. The number of nitrogens with one attached hydrogen (secondary N) is 1. The van der Waals surface area contributed by atoms with Crippen LogP contribution in [-0.4, -0.2) is 66.0 Å². The molecule has 0 radical (unpaired) electrons. The van der Waals surface area contributed by atoms with Crippen LogP contribution in [0.5, 0.6) is 0 Å². The van der Waals surface area contributed by atoms with Crippen molar-refractivity contribution in [1.82, 2.24) is 10.2 Å². The number of benzene rings is 3. The Morgan fingerprint density at radius 1 is 1.06 bits per heavy atom. The molecule has 5 rings (SSSR count). The molecule has 2 aliphatic rings. The Morgan fingerprint density at radius 2 is 1.75 bits per heavy atom. The van der Waals surface area contributed by atoms with Gasteiger partial charge < -0.3 is 25.4 Å². The molecule has 254 valence electrons. The molecule has 2 heterocycles. The van der Waals surface area contributed by atoms with Crippen molar-refractivity contribution in [2.24, 2.45) is 16.1 Å². The number of carbonyl (C=O) groups is 2. The van der Waals surface area contributed by atoms with E-state index in [-0.39, 0.29) is 18.0 Å². The quantitative estimate of drug-likeness (QED) is 0.207. The number of likely N-dealkylation sites (tertiary alicyclic amines) is 1. The van der Waals surface area contributed by atoms with E-state index in [9.17, 15) is 9.59 Å². The minimum absolute atomic E-state index is 0.0192. The van der Waals surface area contributed by atoms with E-state index in [1.807, 2.05) is 78.6 Å². The van der Waals surface area contributed by atoms with Gasteiger partial charge in [-0.3, -0.25) is 9.59 Å². The van der Waals surface area contributed by atoms with E-state index in [4.69, 9.17) is 31.8 Å². The standard InChI is InChI=1S/C39H47ClN4O4/c1-27(41)36(45)43-35(28(2)47-25-30-14-8-5-9-15-30)37(46)44-21-11-18-34(44)19-20-39(3,24-31-16-10-17-32(40)22-31)38-42-33(26-48-38)23-29-12-6-4-7-13-29/h4-10,12-17,19-20,22,27-28,33-35H,11,18,21,23-26,41H2,1-3H3,(H,43,45)/b20-19+/t27-,28+,33-,34-,35-,39-/m0/s1. The highest BCUT2D eigenvalue weighted by Gasteiger charge is 2.39. The Kier molecular flexibility index (Phi) is 12.1. The Balaban J connectivity index is 1.37. The molecule has 0 saturated carbocycles. The van der Waals surface area contributed by atoms with E-state index in [2.05, 4.69) is 42.6 Å². The number of nitrogens with zero attached hydrogens (tertiary/aromatic N) is 2. The van der Waals surface area contributed by atoms with E-state index in [0.29, 0.717) is 37.1 Å². The van der Waals surface area contributed by atoms with Gasteiger partial charge in [0.05, 0.1) is 36.3 Å². The molecule has 0 aromatic heterocycles. The summed E-state index contributed by atoms with van der Waals surface area (Å²) in [7, 11) is 0. The molecule has 2 amide bonds. The van der Waals surface area contributed by atoms with Gasteiger partial charge in [-0.2, -0.15) is 0 Å². The van der Waals surface area contributed by atoms with Crippen molar-refractivity contribution in [1.29, 1.82) is 0 Å². The third-order valence-electron chi connectivity index (χ3n) is 9.05. The van der Waals surface area contributed by atoms with Crippen LogP contribution < -0.4 is 11.1 Å². The lowest BCUT2D eigenvalue weighted by Crippen LogP contribution is -2.57. The van der Waals surface area contributed by atoms with Crippen LogP contribution in [0.1, 0.15) is 50.3 Å². The van der Waals surface area contributed by atoms with Gasteiger partial charge in [0.25, 0.3) is 0 Å². The summed E-state index contributed by atoms with van der Waals surface area (Å²) in [5, 5.41) is 3.55. The predicted octanol–water partition coefficient (Wildman–Crippen LogP) is 5.91. The lowest BCUT2D eigenvalue weighted by Gasteiger charge is -2.32. The first-order valence-electron chi connectivity index (χ1n) is 16.8. The van der Waals surface area contributed by atoms with Crippen molar-refractivity contribution in [3.8, 4) is 0 Å². The lowest BCUT2D eigenvalue weighted by atomic mass is 9.82. The maximum absolute atomic E-state index is 14.2. The normalized spacial score (nSPS) is 20.9. The number of hydrogen-bond donors (Lipinski definition) is 2. The number of hydrogen-bond acceptors (Lipinski definition) is 6. The summed E-state index contributed by atoms with van der Waals surface area (Å²) in [4.78, 5) is 33.9. The fourth-order valence-corrected chi connectivity index (χ4v) is 6.54. The first-order chi connectivity index (χ1) is 23.1. The van der Waals surface area contributed by atoms with E-state index < -0.39 is 29.5 Å². The Hall–Kier alpha value is -3.98. The van der Waals surface area contributed by atoms with Gasteiger partial charge in [0.1, 0.15) is 12.6 Å². The topological polar surface area (TPSA) is 106 Å². The molecule has 8 nitrogen and oxygen atoms in total. The Bertz CT molecular complexity index is 1580. The maximum atomic E-state index is 14.2. The van der Waals surface area contributed by atoms with Crippen molar-refractivity contribution >= 4 is 29.3 Å². The zero-order valence-electron chi connectivity index (χ0n) is 28.1. The molecule has 3 N–H and O–H groups in total. The zero-order chi connectivity index (χ0) is 34.1. The van der Waals surface area contributed by atoms with Gasteiger partial charge >= 0.3 is 0 Å². The third kappa shape index (κ3) is 9.34. The summed E-state index contributed by atoms with van der Waals surface area (Å²) in [6.07, 6.45) is 6.72. The minimum atomic E-state index is -0.889. The van der Waals surface area contributed by atoms with Gasteiger partial charge in [-0.25, -0.2) is 4.99 Å². The summed E-state index contributed by atoms with van der Waals surface area (Å²) < 4.78 is 12.4. The Labute approximate surface area is 289 Å². The smallest absolute Gasteiger partial charge is 0.248 e. The molecule has 0 aliphatic carbocycles. The molecule has 2 aliphatic heterocycles. The van der Waals surface area contributed by atoms with E-state index in [1.54, 1.807) is 6.92 Å². The number of carbonyl (C=O) groups excluding carboxylic acids is 2. The number of rotatable bonds is 14. The number of halogens is 1. The summed E-state index contributed by atoms with van der Waals surface area (Å²) in [5.41, 5.74) is 8.58. The van der Waals surface area contributed by atoms with Crippen LogP contribution in [0.25, 0.3) is 0 Å². The average Bonchev–Trinajstić information content (AvgIpc) is 3.76. The van der Waals surface area contributed by atoms with Crippen LogP contribution in [0.3, 0.4) is 0 Å².